The van der Waals surface area contributed by atoms with Crippen molar-refractivity contribution < 1.29 is 4.74 Å². The number of benzene rings is 2. The lowest BCUT2D eigenvalue weighted by atomic mass is 9.92. The Hall–Kier alpha value is -2.27. The van der Waals surface area contributed by atoms with Gasteiger partial charge in [0.25, 0.3) is 0 Å². The molecule has 0 aliphatic heterocycles. The summed E-state index contributed by atoms with van der Waals surface area (Å²) < 4.78 is 5.15. The molecule has 0 aliphatic rings. The van der Waals surface area contributed by atoms with Crippen LogP contribution < -0.4 is 4.74 Å². The normalized spacial score (nSPS) is 11.6. The van der Waals surface area contributed by atoms with Crippen molar-refractivity contribution in [3.05, 3.63) is 65.2 Å². The van der Waals surface area contributed by atoms with Crippen molar-refractivity contribution in [1.82, 2.24) is 0 Å². The lowest BCUT2D eigenvalue weighted by Gasteiger charge is -2.13. The molecule has 0 spiro atoms. The smallest absolute Gasteiger partial charge is 0.118 e. The van der Waals surface area contributed by atoms with E-state index in [1.807, 2.05) is 30.3 Å². The van der Waals surface area contributed by atoms with Gasteiger partial charge in [0.2, 0.25) is 0 Å². The summed E-state index contributed by atoms with van der Waals surface area (Å²) in [5, 5.41) is 8.92. The zero-order valence-electron chi connectivity index (χ0n) is 10.6. The molecule has 0 unspecified atom stereocenters. The van der Waals surface area contributed by atoms with Gasteiger partial charge in [-0.1, -0.05) is 31.2 Å². The van der Waals surface area contributed by atoms with Crippen LogP contribution in [0.15, 0.2) is 48.5 Å². The number of ether oxygens (including phenoxy) is 1. The Kier molecular flexibility index (Phi) is 3.64. The number of rotatable bonds is 3. The molecule has 0 saturated heterocycles. The Bertz CT molecular complexity index is 566. The third-order valence-electron chi connectivity index (χ3n) is 3.13. The quantitative estimate of drug-likeness (QED) is 0.815. The Labute approximate surface area is 107 Å². The molecular formula is C16H15NO. The van der Waals surface area contributed by atoms with Gasteiger partial charge in [-0.05, 0) is 35.4 Å². The largest absolute Gasteiger partial charge is 0.497 e. The molecule has 0 heterocycles. The SMILES string of the molecule is COc1ccc([C@@H](C)c2cccc(C#N)c2)cc1. The van der Waals surface area contributed by atoms with Crippen LogP contribution in [0.3, 0.4) is 0 Å². The van der Waals surface area contributed by atoms with Crippen LogP contribution in [0, 0.1) is 11.3 Å². The second-order valence-corrected chi connectivity index (χ2v) is 4.23. The number of nitrogens with zero attached hydrogens (tertiary/aromatic N) is 1. The molecule has 2 aromatic rings. The van der Waals surface area contributed by atoms with Gasteiger partial charge in [-0.15, -0.1) is 0 Å². The van der Waals surface area contributed by atoms with Gasteiger partial charge in [-0.25, -0.2) is 0 Å². The van der Waals surface area contributed by atoms with Crippen molar-refractivity contribution in [3.63, 3.8) is 0 Å². The summed E-state index contributed by atoms with van der Waals surface area (Å²) in [6.45, 7) is 2.14. The van der Waals surface area contributed by atoms with Crippen LogP contribution in [0.1, 0.15) is 29.5 Å². The van der Waals surface area contributed by atoms with E-state index in [0.29, 0.717) is 5.56 Å². The van der Waals surface area contributed by atoms with Crippen LogP contribution in [0.25, 0.3) is 0 Å². The van der Waals surface area contributed by atoms with Crippen LogP contribution >= 0.6 is 0 Å². The molecule has 0 radical (unpaired) electrons. The maximum absolute atomic E-state index is 8.92. The molecule has 0 saturated carbocycles. The van der Waals surface area contributed by atoms with Crippen LogP contribution in [0.2, 0.25) is 0 Å². The van der Waals surface area contributed by atoms with Crippen molar-refractivity contribution >= 4 is 0 Å². The minimum absolute atomic E-state index is 0.268. The number of hydrogen-bond acceptors (Lipinski definition) is 2. The number of hydrogen-bond donors (Lipinski definition) is 0. The predicted octanol–water partition coefficient (Wildman–Crippen LogP) is 3.72. The third-order valence-corrected chi connectivity index (χ3v) is 3.13. The zero-order valence-corrected chi connectivity index (χ0v) is 10.6. The lowest BCUT2D eigenvalue weighted by molar-refractivity contribution is 0.414. The Morgan fingerprint density at radius 3 is 2.39 bits per heavy atom. The van der Waals surface area contributed by atoms with Gasteiger partial charge in [0.15, 0.2) is 0 Å². The molecule has 2 heteroatoms. The molecule has 0 bridgehead atoms. The van der Waals surface area contributed by atoms with E-state index in [2.05, 4.69) is 31.2 Å². The summed E-state index contributed by atoms with van der Waals surface area (Å²) in [7, 11) is 1.66. The van der Waals surface area contributed by atoms with E-state index in [4.69, 9.17) is 10.00 Å². The molecule has 0 aliphatic carbocycles. The number of methoxy groups -OCH3 is 1. The maximum atomic E-state index is 8.92. The van der Waals surface area contributed by atoms with Crippen LogP contribution in [0.4, 0.5) is 0 Å². The first kappa shape index (κ1) is 12.2. The van der Waals surface area contributed by atoms with E-state index in [0.717, 1.165) is 11.3 Å². The monoisotopic (exact) mass is 237 g/mol. The van der Waals surface area contributed by atoms with Gasteiger partial charge >= 0.3 is 0 Å². The fourth-order valence-electron chi connectivity index (χ4n) is 1.96. The van der Waals surface area contributed by atoms with E-state index in [1.54, 1.807) is 7.11 Å². The van der Waals surface area contributed by atoms with Gasteiger partial charge < -0.3 is 4.74 Å². The highest BCUT2D eigenvalue weighted by Crippen LogP contribution is 2.26. The van der Waals surface area contributed by atoms with E-state index in [1.165, 1.54) is 5.56 Å². The van der Waals surface area contributed by atoms with Gasteiger partial charge in [-0.2, -0.15) is 5.26 Å². The molecule has 0 aromatic heterocycles. The van der Waals surface area contributed by atoms with Crippen molar-refractivity contribution in [2.24, 2.45) is 0 Å². The van der Waals surface area contributed by atoms with Crippen LogP contribution in [0.5, 0.6) is 5.75 Å². The zero-order chi connectivity index (χ0) is 13.0. The third kappa shape index (κ3) is 2.52. The van der Waals surface area contributed by atoms with E-state index < -0.39 is 0 Å². The fraction of sp³-hybridized carbons (Fsp3) is 0.188. The first-order valence-corrected chi connectivity index (χ1v) is 5.88. The second kappa shape index (κ2) is 5.37. The Morgan fingerprint density at radius 1 is 1.06 bits per heavy atom. The van der Waals surface area contributed by atoms with E-state index in [9.17, 15) is 0 Å². The summed E-state index contributed by atoms with van der Waals surface area (Å²) in [5.74, 6) is 1.13. The molecule has 2 rings (SSSR count). The molecule has 0 amide bonds. The standard InChI is InChI=1S/C16H15NO/c1-12(14-6-8-16(18-2)9-7-14)15-5-3-4-13(10-15)11-17/h3-10,12H,1-2H3/t12-/m1/s1. The van der Waals surface area contributed by atoms with Crippen molar-refractivity contribution in [2.75, 3.05) is 7.11 Å². The van der Waals surface area contributed by atoms with Crippen LogP contribution in [-0.4, -0.2) is 7.11 Å². The van der Waals surface area contributed by atoms with E-state index >= 15 is 0 Å². The molecule has 2 nitrogen and oxygen atoms in total. The minimum Gasteiger partial charge on any atom is -0.497 e. The highest BCUT2D eigenvalue weighted by atomic mass is 16.5. The molecule has 2 aromatic carbocycles. The average Bonchev–Trinajstić information content (AvgIpc) is 2.46. The van der Waals surface area contributed by atoms with Gasteiger partial charge in [0, 0.05) is 5.92 Å². The summed E-state index contributed by atoms with van der Waals surface area (Å²) >= 11 is 0. The molecule has 0 N–H and O–H groups in total. The van der Waals surface area contributed by atoms with Gasteiger partial charge in [0.05, 0.1) is 18.7 Å². The summed E-state index contributed by atoms with van der Waals surface area (Å²) in [6, 6.07) is 17.9. The summed E-state index contributed by atoms with van der Waals surface area (Å²) in [6.07, 6.45) is 0. The topological polar surface area (TPSA) is 33.0 Å². The average molecular weight is 237 g/mol. The predicted molar refractivity (Wildman–Crippen MR) is 71.7 cm³/mol. The van der Waals surface area contributed by atoms with Crippen molar-refractivity contribution in [1.29, 1.82) is 5.26 Å². The molecular weight excluding hydrogens is 222 g/mol. The van der Waals surface area contributed by atoms with Gasteiger partial charge in [-0.3, -0.25) is 0 Å². The highest BCUT2D eigenvalue weighted by molar-refractivity contribution is 5.39. The maximum Gasteiger partial charge on any atom is 0.118 e. The Balaban J connectivity index is 2.29. The van der Waals surface area contributed by atoms with Crippen LogP contribution in [-0.2, 0) is 0 Å². The highest BCUT2D eigenvalue weighted by Gasteiger charge is 2.08. The number of nitriles is 1. The van der Waals surface area contributed by atoms with Crippen molar-refractivity contribution in [2.45, 2.75) is 12.8 Å². The second-order valence-electron chi connectivity index (χ2n) is 4.23. The summed E-state index contributed by atoms with van der Waals surface area (Å²) in [4.78, 5) is 0. The van der Waals surface area contributed by atoms with Gasteiger partial charge in [0.1, 0.15) is 5.75 Å². The minimum atomic E-state index is 0.268. The first-order valence-electron chi connectivity index (χ1n) is 5.88. The lowest BCUT2D eigenvalue weighted by Crippen LogP contribution is -1.96. The fourth-order valence-corrected chi connectivity index (χ4v) is 1.96. The molecule has 0 fully saturated rings. The molecule has 18 heavy (non-hydrogen) atoms. The molecule has 90 valence electrons. The van der Waals surface area contributed by atoms with Crippen molar-refractivity contribution in [3.8, 4) is 11.8 Å². The molecule has 1 atom stereocenters. The Morgan fingerprint density at radius 2 is 1.78 bits per heavy atom. The first-order chi connectivity index (χ1) is 8.74. The van der Waals surface area contributed by atoms with E-state index in [-0.39, 0.29) is 5.92 Å². The summed E-state index contributed by atoms with van der Waals surface area (Å²) in [5.41, 5.74) is 3.07.